The van der Waals surface area contributed by atoms with Crippen LogP contribution in [-0.2, 0) is 12.6 Å². The first-order chi connectivity index (χ1) is 16.2. The smallest absolute Gasteiger partial charge is 0.322 e. The molecule has 0 aliphatic heterocycles. The van der Waals surface area contributed by atoms with E-state index in [-0.39, 0.29) is 5.69 Å². The van der Waals surface area contributed by atoms with Crippen molar-refractivity contribution < 1.29 is 18.0 Å². The van der Waals surface area contributed by atoms with E-state index >= 15 is 0 Å². The molecule has 4 aromatic rings. The number of rotatable bonds is 5. The quantitative estimate of drug-likeness (QED) is 0.394. The molecule has 1 amide bonds. The van der Waals surface area contributed by atoms with E-state index in [0.717, 1.165) is 40.2 Å². The fourth-order valence-corrected chi connectivity index (χ4v) is 3.57. The molecular formula is C26H21F3N4O. The third-order valence-corrected chi connectivity index (χ3v) is 5.53. The second-order valence-electron chi connectivity index (χ2n) is 7.89. The molecule has 0 saturated heterocycles. The summed E-state index contributed by atoms with van der Waals surface area (Å²) in [4.78, 5) is 25.7. The molecule has 2 aromatic heterocycles. The molecule has 0 unspecified atom stereocenters. The van der Waals surface area contributed by atoms with Crippen molar-refractivity contribution in [2.24, 2.45) is 0 Å². The van der Waals surface area contributed by atoms with Gasteiger partial charge in [0.05, 0.1) is 17.0 Å². The van der Waals surface area contributed by atoms with E-state index in [2.05, 4.69) is 20.3 Å². The molecule has 8 heteroatoms. The summed E-state index contributed by atoms with van der Waals surface area (Å²) in [5.74, 6) is -0.485. The molecule has 0 radical (unpaired) electrons. The van der Waals surface area contributed by atoms with Crippen LogP contribution in [0, 0.1) is 13.8 Å². The van der Waals surface area contributed by atoms with Crippen LogP contribution in [0.3, 0.4) is 0 Å². The zero-order valence-corrected chi connectivity index (χ0v) is 18.5. The van der Waals surface area contributed by atoms with Gasteiger partial charge in [0.15, 0.2) is 0 Å². The number of aryl methyl sites for hydroxylation is 2. The highest BCUT2D eigenvalue weighted by Gasteiger charge is 2.31. The van der Waals surface area contributed by atoms with Gasteiger partial charge in [-0.05, 0) is 73.0 Å². The molecule has 1 N–H and O–H groups in total. The molecular weight excluding hydrogens is 441 g/mol. The van der Waals surface area contributed by atoms with E-state index in [1.54, 1.807) is 37.5 Å². The summed E-state index contributed by atoms with van der Waals surface area (Å²) in [6, 6.07) is 14.1. The Balaban J connectivity index is 1.61. The van der Waals surface area contributed by atoms with Crippen LogP contribution in [0.25, 0.3) is 11.3 Å². The molecule has 0 bridgehead atoms. The number of nitrogens with zero attached hydrogens (tertiary/aromatic N) is 3. The number of aromatic nitrogens is 3. The van der Waals surface area contributed by atoms with Gasteiger partial charge >= 0.3 is 6.18 Å². The Morgan fingerprint density at radius 2 is 1.74 bits per heavy atom. The Morgan fingerprint density at radius 1 is 0.941 bits per heavy atom. The van der Waals surface area contributed by atoms with Crippen LogP contribution in [-0.4, -0.2) is 20.9 Å². The van der Waals surface area contributed by atoms with Crippen molar-refractivity contribution in [3.05, 3.63) is 107 Å². The number of benzene rings is 2. The van der Waals surface area contributed by atoms with Gasteiger partial charge in [-0.1, -0.05) is 12.1 Å². The largest absolute Gasteiger partial charge is 0.416 e. The summed E-state index contributed by atoms with van der Waals surface area (Å²) in [5.41, 5.74) is 4.42. The number of pyridine rings is 1. The second kappa shape index (κ2) is 9.43. The first-order valence-electron chi connectivity index (χ1n) is 10.5. The SMILES string of the molecule is Cc1ccc(C(=O)Nc2cc(C(F)(F)F)ccc2C)cc1Cc1ncccc1-c1ccncn1. The Morgan fingerprint density at radius 3 is 2.47 bits per heavy atom. The Bertz CT molecular complexity index is 1340. The minimum absolute atomic E-state index is 0.123. The molecule has 2 aromatic carbocycles. The molecule has 0 spiro atoms. The molecule has 172 valence electrons. The lowest BCUT2D eigenvalue weighted by Gasteiger charge is -2.14. The van der Waals surface area contributed by atoms with Crippen LogP contribution >= 0.6 is 0 Å². The minimum Gasteiger partial charge on any atom is -0.322 e. The lowest BCUT2D eigenvalue weighted by atomic mass is 9.97. The van der Waals surface area contributed by atoms with E-state index in [0.29, 0.717) is 17.5 Å². The molecule has 0 aliphatic rings. The van der Waals surface area contributed by atoms with Crippen molar-refractivity contribution in [1.29, 1.82) is 0 Å². The number of hydrogen-bond acceptors (Lipinski definition) is 4. The van der Waals surface area contributed by atoms with Gasteiger partial charge in [0.2, 0.25) is 0 Å². The lowest BCUT2D eigenvalue weighted by Crippen LogP contribution is -2.15. The van der Waals surface area contributed by atoms with Crippen molar-refractivity contribution in [1.82, 2.24) is 15.0 Å². The average Bonchev–Trinajstić information content (AvgIpc) is 2.82. The Labute approximate surface area is 194 Å². The van der Waals surface area contributed by atoms with Crippen molar-refractivity contribution in [3.8, 4) is 11.3 Å². The summed E-state index contributed by atoms with van der Waals surface area (Å²) in [7, 11) is 0. The number of amides is 1. The molecule has 4 rings (SSSR count). The number of alkyl halides is 3. The maximum absolute atomic E-state index is 13.1. The monoisotopic (exact) mass is 462 g/mol. The number of carbonyl (C=O) groups is 1. The molecule has 0 saturated carbocycles. The van der Waals surface area contributed by atoms with Crippen molar-refractivity contribution in [2.45, 2.75) is 26.4 Å². The molecule has 0 atom stereocenters. The van der Waals surface area contributed by atoms with Gasteiger partial charge in [-0.25, -0.2) is 9.97 Å². The summed E-state index contributed by atoms with van der Waals surface area (Å²) in [5, 5.41) is 2.62. The first-order valence-corrected chi connectivity index (χ1v) is 10.5. The minimum atomic E-state index is -4.49. The fraction of sp³-hybridized carbons (Fsp3) is 0.154. The predicted molar refractivity (Wildman–Crippen MR) is 123 cm³/mol. The number of carbonyl (C=O) groups excluding carboxylic acids is 1. The highest BCUT2D eigenvalue weighted by Crippen LogP contribution is 2.32. The van der Waals surface area contributed by atoms with Gasteiger partial charge in [0.25, 0.3) is 5.91 Å². The van der Waals surface area contributed by atoms with Gasteiger partial charge in [0.1, 0.15) is 6.33 Å². The maximum Gasteiger partial charge on any atom is 0.416 e. The Kier molecular flexibility index (Phi) is 6.40. The topological polar surface area (TPSA) is 67.8 Å². The fourth-order valence-electron chi connectivity index (χ4n) is 3.57. The van der Waals surface area contributed by atoms with E-state index in [1.165, 1.54) is 12.4 Å². The highest BCUT2D eigenvalue weighted by molar-refractivity contribution is 6.04. The summed E-state index contributed by atoms with van der Waals surface area (Å²) in [6.07, 6.45) is 0.787. The van der Waals surface area contributed by atoms with Gasteiger partial charge in [-0.15, -0.1) is 0 Å². The van der Waals surface area contributed by atoms with Gasteiger partial charge < -0.3 is 5.32 Å². The number of halogens is 3. The average molecular weight is 462 g/mol. The van der Waals surface area contributed by atoms with Crippen molar-refractivity contribution in [3.63, 3.8) is 0 Å². The number of hydrogen-bond donors (Lipinski definition) is 1. The van der Waals surface area contributed by atoms with Crippen LogP contribution in [0.1, 0.15) is 38.3 Å². The third kappa shape index (κ3) is 5.11. The standard InChI is InChI=1S/C26H21F3N4O/c1-16-5-7-18(25(34)33-23-14-20(26(27,28)29)8-6-17(23)2)12-19(16)13-24-21(4-3-10-31-24)22-9-11-30-15-32-22/h3-12,14-15H,13H2,1-2H3,(H,33,34). The number of nitrogens with one attached hydrogen (secondary N) is 1. The van der Waals surface area contributed by atoms with Crippen molar-refractivity contribution in [2.75, 3.05) is 5.32 Å². The van der Waals surface area contributed by atoms with E-state index < -0.39 is 17.6 Å². The maximum atomic E-state index is 13.1. The van der Waals surface area contributed by atoms with Crippen LogP contribution in [0.5, 0.6) is 0 Å². The van der Waals surface area contributed by atoms with Crippen LogP contribution in [0.15, 0.2) is 73.3 Å². The summed E-state index contributed by atoms with van der Waals surface area (Å²) < 4.78 is 39.3. The van der Waals surface area contributed by atoms with Gasteiger partial charge in [-0.2, -0.15) is 13.2 Å². The van der Waals surface area contributed by atoms with Crippen LogP contribution in [0.2, 0.25) is 0 Å². The van der Waals surface area contributed by atoms with Crippen LogP contribution < -0.4 is 5.32 Å². The zero-order chi connectivity index (χ0) is 24.3. The normalized spacial score (nSPS) is 11.3. The predicted octanol–water partition coefficient (Wildman–Crippen LogP) is 6.02. The van der Waals surface area contributed by atoms with E-state index in [9.17, 15) is 18.0 Å². The lowest BCUT2D eigenvalue weighted by molar-refractivity contribution is -0.137. The van der Waals surface area contributed by atoms with E-state index in [4.69, 9.17) is 0 Å². The van der Waals surface area contributed by atoms with Crippen molar-refractivity contribution >= 4 is 11.6 Å². The van der Waals surface area contributed by atoms with Gasteiger partial charge in [0, 0.05) is 35.6 Å². The first kappa shape index (κ1) is 23.1. The molecule has 2 heterocycles. The number of anilines is 1. The summed E-state index contributed by atoms with van der Waals surface area (Å²) in [6.45, 7) is 3.58. The van der Waals surface area contributed by atoms with Gasteiger partial charge in [-0.3, -0.25) is 9.78 Å². The highest BCUT2D eigenvalue weighted by atomic mass is 19.4. The zero-order valence-electron chi connectivity index (χ0n) is 18.5. The molecule has 34 heavy (non-hydrogen) atoms. The molecule has 5 nitrogen and oxygen atoms in total. The Hall–Kier alpha value is -4.07. The molecule has 0 fully saturated rings. The van der Waals surface area contributed by atoms with Crippen LogP contribution in [0.4, 0.5) is 18.9 Å². The molecule has 0 aliphatic carbocycles. The summed E-state index contributed by atoms with van der Waals surface area (Å²) >= 11 is 0. The van der Waals surface area contributed by atoms with E-state index in [1.807, 2.05) is 25.1 Å². The third-order valence-electron chi connectivity index (χ3n) is 5.53. The second-order valence-corrected chi connectivity index (χ2v) is 7.89.